The van der Waals surface area contributed by atoms with Crippen molar-refractivity contribution in [2.75, 3.05) is 13.3 Å². The van der Waals surface area contributed by atoms with Crippen LogP contribution in [0, 0.1) is 12.8 Å². The maximum Gasteiger partial charge on any atom is 0.174 e. The zero-order valence-electron chi connectivity index (χ0n) is 13.6. The zero-order chi connectivity index (χ0) is 15.6. The summed E-state index contributed by atoms with van der Waals surface area (Å²) in [6, 6.07) is 4.82. The molecule has 0 N–H and O–H groups in total. The van der Waals surface area contributed by atoms with Gasteiger partial charge in [-0.2, -0.15) is 0 Å². The summed E-state index contributed by atoms with van der Waals surface area (Å²) in [5, 5.41) is 0. The lowest BCUT2D eigenvalue weighted by Crippen LogP contribution is -2.76. The average Bonchev–Trinajstić information content (AvgIpc) is 3.03. The number of benzene rings is 1. The van der Waals surface area contributed by atoms with Crippen LogP contribution in [0.3, 0.4) is 0 Å². The monoisotopic (exact) mass is 311 g/mol. The molecule has 3 heterocycles. The molecule has 4 bridgehead atoms. The summed E-state index contributed by atoms with van der Waals surface area (Å²) in [5.74, 6) is 1.63. The molecule has 1 saturated carbocycles. The third-order valence-electron chi connectivity index (χ3n) is 7.41. The second-order valence-electron chi connectivity index (χ2n) is 8.13. The molecule has 2 spiro atoms. The van der Waals surface area contributed by atoms with Crippen LogP contribution in [-0.4, -0.2) is 41.7 Å². The van der Waals surface area contributed by atoms with Crippen LogP contribution in [0.4, 0.5) is 0 Å². The van der Waals surface area contributed by atoms with E-state index in [0.717, 1.165) is 30.7 Å². The Balaban J connectivity index is 1.77. The first-order valence-corrected chi connectivity index (χ1v) is 8.80. The second kappa shape index (κ2) is 3.65. The Morgan fingerprint density at radius 3 is 3.09 bits per heavy atom. The Morgan fingerprint density at radius 2 is 2.22 bits per heavy atom. The number of rotatable bonds is 0. The highest BCUT2D eigenvalue weighted by Crippen LogP contribution is 2.68. The van der Waals surface area contributed by atoms with Crippen LogP contribution < -0.4 is 4.74 Å². The van der Waals surface area contributed by atoms with Crippen LogP contribution in [0.2, 0.25) is 0 Å². The van der Waals surface area contributed by atoms with Crippen molar-refractivity contribution in [2.45, 2.75) is 56.3 Å². The number of ketones is 1. The fourth-order valence-electron chi connectivity index (χ4n) is 6.66. The van der Waals surface area contributed by atoms with Crippen molar-refractivity contribution in [1.29, 1.82) is 0 Å². The van der Waals surface area contributed by atoms with Crippen LogP contribution >= 0.6 is 0 Å². The van der Waals surface area contributed by atoms with Gasteiger partial charge in [-0.25, -0.2) is 0 Å². The first kappa shape index (κ1) is 13.0. The Hall–Kier alpha value is -1.39. The van der Waals surface area contributed by atoms with Crippen LogP contribution in [0.5, 0.6) is 5.75 Å². The SMILES string of the molecule is Cc1ccc2c3c1O[C@H]1C(=O)CC[C@]45OCN(CC(C)[C@]314)[C@@H]5C2. The van der Waals surface area contributed by atoms with Gasteiger partial charge in [-0.3, -0.25) is 9.69 Å². The molecule has 4 heteroatoms. The van der Waals surface area contributed by atoms with Crippen molar-refractivity contribution in [3.05, 3.63) is 28.8 Å². The lowest BCUT2D eigenvalue weighted by atomic mass is 9.46. The highest BCUT2D eigenvalue weighted by molar-refractivity contribution is 5.90. The lowest BCUT2D eigenvalue weighted by molar-refractivity contribution is -0.169. The van der Waals surface area contributed by atoms with E-state index in [4.69, 9.17) is 9.47 Å². The third-order valence-corrected chi connectivity index (χ3v) is 7.41. The number of ether oxygens (including phenoxy) is 2. The summed E-state index contributed by atoms with van der Waals surface area (Å²) in [5.41, 5.74) is 3.36. The molecule has 6 atom stereocenters. The molecular weight excluding hydrogens is 290 g/mol. The van der Waals surface area contributed by atoms with Crippen molar-refractivity contribution in [1.82, 2.24) is 4.90 Å². The molecule has 1 aromatic carbocycles. The van der Waals surface area contributed by atoms with Crippen LogP contribution in [0.15, 0.2) is 12.1 Å². The van der Waals surface area contributed by atoms with E-state index in [1.54, 1.807) is 0 Å². The minimum absolute atomic E-state index is 0.227. The van der Waals surface area contributed by atoms with Gasteiger partial charge >= 0.3 is 0 Å². The Labute approximate surface area is 135 Å². The number of aryl methyl sites for hydroxylation is 1. The highest BCUT2D eigenvalue weighted by atomic mass is 16.5. The normalized spacial score (nSPS) is 48.2. The number of hydrogen-bond donors (Lipinski definition) is 0. The van der Waals surface area contributed by atoms with Gasteiger partial charge in [-0.15, -0.1) is 0 Å². The first-order chi connectivity index (χ1) is 11.1. The summed E-state index contributed by atoms with van der Waals surface area (Å²) < 4.78 is 12.9. The van der Waals surface area contributed by atoms with Crippen molar-refractivity contribution in [3.63, 3.8) is 0 Å². The van der Waals surface area contributed by atoms with E-state index in [-0.39, 0.29) is 22.9 Å². The maximum atomic E-state index is 12.9. The van der Waals surface area contributed by atoms with Crippen molar-refractivity contribution in [3.8, 4) is 5.75 Å². The molecule has 4 nitrogen and oxygen atoms in total. The number of nitrogens with zero attached hydrogens (tertiary/aromatic N) is 1. The maximum absolute atomic E-state index is 12.9. The summed E-state index contributed by atoms with van der Waals surface area (Å²) in [6.45, 7) is 6.11. The van der Waals surface area contributed by atoms with Crippen molar-refractivity contribution >= 4 is 5.78 Å². The van der Waals surface area contributed by atoms with Crippen LogP contribution in [0.25, 0.3) is 0 Å². The van der Waals surface area contributed by atoms with Crippen LogP contribution in [0.1, 0.15) is 36.5 Å². The van der Waals surface area contributed by atoms with Gasteiger partial charge < -0.3 is 9.47 Å². The first-order valence-electron chi connectivity index (χ1n) is 8.80. The predicted molar refractivity (Wildman–Crippen MR) is 83.6 cm³/mol. The van der Waals surface area contributed by atoms with E-state index in [0.29, 0.717) is 25.1 Å². The summed E-state index contributed by atoms with van der Waals surface area (Å²) in [6.07, 6.45) is 2.13. The standard InChI is InChI=1S/C19H21NO3/c1-10-3-4-12-7-14-18-6-5-13(21)17-19(18,15(12)16(10)23-17)11(2)8-20(14)9-22-18/h3-4,11,14,17H,5-9H2,1-2H3/t11?,14-,17+,18-,19+/m1/s1. The van der Waals surface area contributed by atoms with Gasteiger partial charge in [0.05, 0.1) is 5.41 Å². The molecule has 23 heavy (non-hydrogen) atoms. The van der Waals surface area contributed by atoms with Gasteiger partial charge in [0, 0.05) is 24.6 Å². The van der Waals surface area contributed by atoms with E-state index < -0.39 is 0 Å². The lowest BCUT2D eigenvalue weighted by Gasteiger charge is -2.61. The Bertz CT molecular complexity index is 774. The number of carbonyl (C=O) groups excluding carboxylic acids is 1. The second-order valence-corrected chi connectivity index (χ2v) is 8.13. The molecule has 5 aliphatic rings. The topological polar surface area (TPSA) is 38.8 Å². The molecule has 120 valence electrons. The molecule has 3 fully saturated rings. The average molecular weight is 311 g/mol. The van der Waals surface area contributed by atoms with Crippen molar-refractivity contribution < 1.29 is 14.3 Å². The zero-order valence-corrected chi connectivity index (χ0v) is 13.6. The van der Waals surface area contributed by atoms with E-state index in [1.807, 2.05) is 0 Å². The molecule has 6 rings (SSSR count). The molecule has 2 aliphatic carbocycles. The Morgan fingerprint density at radius 1 is 1.35 bits per heavy atom. The van der Waals surface area contributed by atoms with E-state index in [9.17, 15) is 4.79 Å². The fourth-order valence-corrected chi connectivity index (χ4v) is 6.66. The molecule has 0 radical (unpaired) electrons. The molecule has 1 aromatic rings. The molecule has 3 aliphatic heterocycles. The van der Waals surface area contributed by atoms with E-state index in [2.05, 4.69) is 30.9 Å². The smallest absolute Gasteiger partial charge is 0.174 e. The van der Waals surface area contributed by atoms with Gasteiger partial charge in [-0.1, -0.05) is 19.1 Å². The number of hydrogen-bond acceptors (Lipinski definition) is 4. The largest absolute Gasteiger partial charge is 0.481 e. The van der Waals surface area contributed by atoms with E-state index >= 15 is 0 Å². The number of piperidine rings is 1. The minimum Gasteiger partial charge on any atom is -0.481 e. The summed E-state index contributed by atoms with van der Waals surface area (Å²) in [7, 11) is 0. The molecular formula is C19H21NO3. The summed E-state index contributed by atoms with van der Waals surface area (Å²) >= 11 is 0. The van der Waals surface area contributed by atoms with E-state index in [1.165, 1.54) is 11.1 Å². The van der Waals surface area contributed by atoms with Crippen molar-refractivity contribution in [2.24, 2.45) is 5.92 Å². The third kappa shape index (κ3) is 1.10. The molecule has 0 amide bonds. The minimum atomic E-state index is -0.343. The van der Waals surface area contributed by atoms with Gasteiger partial charge in [0.1, 0.15) is 18.1 Å². The highest BCUT2D eigenvalue weighted by Gasteiger charge is 2.78. The van der Waals surface area contributed by atoms with Gasteiger partial charge in [-0.05, 0) is 36.8 Å². The molecule has 2 saturated heterocycles. The summed E-state index contributed by atoms with van der Waals surface area (Å²) in [4.78, 5) is 15.4. The Kier molecular flexibility index (Phi) is 2.06. The van der Waals surface area contributed by atoms with Gasteiger partial charge in [0.25, 0.3) is 0 Å². The van der Waals surface area contributed by atoms with Gasteiger partial charge in [0.2, 0.25) is 0 Å². The molecule has 2 unspecified atom stereocenters. The van der Waals surface area contributed by atoms with Gasteiger partial charge in [0.15, 0.2) is 11.9 Å². The number of Topliss-reactive ketones (excluding diaryl/α,β-unsaturated/α-hetero) is 1. The molecule has 0 aromatic heterocycles. The van der Waals surface area contributed by atoms with Crippen LogP contribution in [-0.2, 0) is 21.4 Å². The number of carbonyl (C=O) groups is 1. The predicted octanol–water partition coefficient (Wildman–Crippen LogP) is 1.96. The fraction of sp³-hybridized carbons (Fsp3) is 0.632. The quantitative estimate of drug-likeness (QED) is 0.734.